The van der Waals surface area contributed by atoms with Crippen LogP contribution in [0.15, 0.2) is 36.7 Å². The predicted molar refractivity (Wildman–Crippen MR) is 104 cm³/mol. The van der Waals surface area contributed by atoms with Gasteiger partial charge in [0.25, 0.3) is 5.91 Å². The standard InChI is InChI=1S/C20H18F2N4O2S/c1-12-17(29-19(25-12)18-23-7-2-8-24-18)20(27)26-9-5-14(6-10-26)28-16-4-3-13(21)11-15(16)22/h2-4,7-8,11,14H,5-6,9-10H2,1H3. The van der Waals surface area contributed by atoms with Crippen LogP contribution in [0.3, 0.4) is 0 Å². The molecule has 150 valence electrons. The first-order valence-corrected chi connectivity index (χ1v) is 9.98. The lowest BCUT2D eigenvalue weighted by Gasteiger charge is -2.32. The third kappa shape index (κ3) is 4.24. The van der Waals surface area contributed by atoms with Gasteiger partial charge >= 0.3 is 0 Å². The van der Waals surface area contributed by atoms with E-state index in [1.54, 1.807) is 30.3 Å². The van der Waals surface area contributed by atoms with E-state index < -0.39 is 11.6 Å². The Morgan fingerprint density at radius 1 is 1.21 bits per heavy atom. The maximum atomic E-state index is 13.8. The number of thiazole rings is 1. The van der Waals surface area contributed by atoms with E-state index in [4.69, 9.17) is 4.74 Å². The SMILES string of the molecule is Cc1nc(-c2ncccn2)sc1C(=O)N1CCC(Oc2ccc(F)cc2F)CC1. The van der Waals surface area contributed by atoms with Gasteiger partial charge in [-0.25, -0.2) is 23.7 Å². The number of carbonyl (C=O) groups excluding carboxylic acids is 1. The van der Waals surface area contributed by atoms with E-state index in [0.29, 0.717) is 47.3 Å². The van der Waals surface area contributed by atoms with Gasteiger partial charge in [0.15, 0.2) is 22.4 Å². The molecule has 1 saturated heterocycles. The summed E-state index contributed by atoms with van der Waals surface area (Å²) in [6, 6.07) is 4.97. The zero-order valence-corrected chi connectivity index (χ0v) is 16.5. The average molecular weight is 416 g/mol. The summed E-state index contributed by atoms with van der Waals surface area (Å²) in [4.78, 5) is 28.0. The Balaban J connectivity index is 1.40. The molecule has 9 heteroatoms. The molecule has 0 saturated carbocycles. The van der Waals surface area contributed by atoms with Crippen molar-refractivity contribution in [2.75, 3.05) is 13.1 Å². The number of carbonyl (C=O) groups is 1. The first-order chi connectivity index (χ1) is 14.0. The highest BCUT2D eigenvalue weighted by molar-refractivity contribution is 7.17. The summed E-state index contributed by atoms with van der Waals surface area (Å²) in [6.45, 7) is 2.77. The minimum absolute atomic E-state index is 0.0296. The highest BCUT2D eigenvalue weighted by Crippen LogP contribution is 2.28. The average Bonchev–Trinajstić information content (AvgIpc) is 3.12. The van der Waals surface area contributed by atoms with E-state index in [2.05, 4.69) is 15.0 Å². The van der Waals surface area contributed by atoms with Crippen LogP contribution >= 0.6 is 11.3 Å². The molecule has 1 aliphatic heterocycles. The van der Waals surface area contributed by atoms with Crippen LogP contribution in [-0.4, -0.2) is 45.0 Å². The highest BCUT2D eigenvalue weighted by Gasteiger charge is 2.28. The Hall–Kier alpha value is -2.94. The third-order valence-corrected chi connectivity index (χ3v) is 5.81. The van der Waals surface area contributed by atoms with Crippen LogP contribution in [0.25, 0.3) is 10.8 Å². The van der Waals surface area contributed by atoms with Crippen molar-refractivity contribution in [1.82, 2.24) is 19.9 Å². The van der Waals surface area contributed by atoms with Crippen LogP contribution in [0.1, 0.15) is 28.2 Å². The lowest BCUT2D eigenvalue weighted by atomic mass is 10.1. The number of rotatable bonds is 4. The molecule has 1 amide bonds. The molecule has 3 heterocycles. The van der Waals surface area contributed by atoms with Gasteiger partial charge in [0.1, 0.15) is 16.8 Å². The van der Waals surface area contributed by atoms with E-state index in [-0.39, 0.29) is 17.8 Å². The second-order valence-corrected chi connectivity index (χ2v) is 7.69. The van der Waals surface area contributed by atoms with Gasteiger partial charge in [-0.05, 0) is 25.1 Å². The monoisotopic (exact) mass is 416 g/mol. The second kappa shape index (κ2) is 8.20. The molecule has 3 aromatic rings. The van der Waals surface area contributed by atoms with E-state index in [1.807, 2.05) is 0 Å². The number of hydrogen-bond acceptors (Lipinski definition) is 6. The van der Waals surface area contributed by atoms with Crippen LogP contribution in [0.5, 0.6) is 5.75 Å². The number of aryl methyl sites for hydroxylation is 1. The highest BCUT2D eigenvalue weighted by atomic mass is 32.1. The number of likely N-dealkylation sites (tertiary alicyclic amines) is 1. The molecule has 0 aliphatic carbocycles. The number of ether oxygens (including phenoxy) is 1. The van der Waals surface area contributed by atoms with E-state index >= 15 is 0 Å². The zero-order valence-electron chi connectivity index (χ0n) is 15.6. The number of halogens is 2. The van der Waals surface area contributed by atoms with Gasteiger partial charge in [-0.2, -0.15) is 0 Å². The Morgan fingerprint density at radius 2 is 1.93 bits per heavy atom. The van der Waals surface area contributed by atoms with Gasteiger partial charge in [0.05, 0.1) is 5.69 Å². The Labute approximate surface area is 170 Å². The Bertz CT molecular complexity index is 1020. The van der Waals surface area contributed by atoms with Crippen molar-refractivity contribution < 1.29 is 18.3 Å². The van der Waals surface area contributed by atoms with E-state index in [1.165, 1.54) is 17.4 Å². The summed E-state index contributed by atoms with van der Waals surface area (Å²) in [6.07, 6.45) is 4.17. The number of amides is 1. The molecule has 0 radical (unpaired) electrons. The van der Waals surface area contributed by atoms with Crippen molar-refractivity contribution in [3.05, 3.63) is 58.9 Å². The normalized spacial score (nSPS) is 14.8. The van der Waals surface area contributed by atoms with Gasteiger partial charge < -0.3 is 9.64 Å². The molecule has 6 nitrogen and oxygen atoms in total. The molecular formula is C20H18F2N4O2S. The van der Waals surface area contributed by atoms with Crippen LogP contribution in [-0.2, 0) is 0 Å². The van der Waals surface area contributed by atoms with Crippen molar-refractivity contribution in [3.63, 3.8) is 0 Å². The molecule has 0 atom stereocenters. The predicted octanol–water partition coefficient (Wildman–Crippen LogP) is 3.87. The largest absolute Gasteiger partial charge is 0.487 e. The molecule has 0 bridgehead atoms. The fourth-order valence-corrected chi connectivity index (χ4v) is 4.15. The van der Waals surface area contributed by atoms with Crippen molar-refractivity contribution in [3.8, 4) is 16.6 Å². The van der Waals surface area contributed by atoms with Gasteiger partial charge in [-0.15, -0.1) is 11.3 Å². The number of nitrogens with zero attached hydrogens (tertiary/aromatic N) is 4. The number of benzene rings is 1. The Kier molecular flexibility index (Phi) is 5.48. The Morgan fingerprint density at radius 3 is 2.62 bits per heavy atom. The molecule has 1 fully saturated rings. The third-order valence-electron chi connectivity index (χ3n) is 4.66. The molecule has 2 aromatic heterocycles. The summed E-state index contributed by atoms with van der Waals surface area (Å²) in [5, 5.41) is 0.608. The second-order valence-electron chi connectivity index (χ2n) is 6.69. The number of piperidine rings is 1. The fraction of sp³-hybridized carbons (Fsp3) is 0.300. The molecular weight excluding hydrogens is 398 g/mol. The van der Waals surface area contributed by atoms with Crippen molar-refractivity contribution in [2.45, 2.75) is 25.9 Å². The molecule has 1 aromatic carbocycles. The van der Waals surface area contributed by atoms with Crippen molar-refractivity contribution in [1.29, 1.82) is 0 Å². The minimum Gasteiger partial charge on any atom is -0.487 e. The summed E-state index contributed by atoms with van der Waals surface area (Å²) < 4.78 is 32.4. The molecule has 1 aliphatic rings. The number of aromatic nitrogens is 3. The van der Waals surface area contributed by atoms with Crippen molar-refractivity contribution in [2.24, 2.45) is 0 Å². The van der Waals surface area contributed by atoms with Crippen molar-refractivity contribution >= 4 is 17.2 Å². The van der Waals surface area contributed by atoms with Gasteiger partial charge in [0, 0.05) is 44.4 Å². The summed E-state index contributed by atoms with van der Waals surface area (Å²) in [5.74, 6) is -0.932. The first kappa shape index (κ1) is 19.4. The molecule has 0 spiro atoms. The van der Waals surface area contributed by atoms with Gasteiger partial charge in [-0.3, -0.25) is 4.79 Å². The first-order valence-electron chi connectivity index (χ1n) is 9.17. The number of hydrogen-bond donors (Lipinski definition) is 0. The zero-order chi connectivity index (χ0) is 20.4. The molecule has 29 heavy (non-hydrogen) atoms. The van der Waals surface area contributed by atoms with Gasteiger partial charge in [-0.1, -0.05) is 0 Å². The van der Waals surface area contributed by atoms with Crippen LogP contribution in [0.2, 0.25) is 0 Å². The summed E-state index contributed by atoms with van der Waals surface area (Å²) in [5.41, 5.74) is 0.647. The lowest BCUT2D eigenvalue weighted by Crippen LogP contribution is -2.41. The van der Waals surface area contributed by atoms with Crippen LogP contribution in [0.4, 0.5) is 8.78 Å². The van der Waals surface area contributed by atoms with E-state index in [9.17, 15) is 13.6 Å². The maximum Gasteiger partial charge on any atom is 0.265 e. The van der Waals surface area contributed by atoms with E-state index in [0.717, 1.165) is 12.1 Å². The summed E-state index contributed by atoms with van der Waals surface area (Å²) >= 11 is 1.28. The van der Waals surface area contributed by atoms with Gasteiger partial charge in [0.2, 0.25) is 0 Å². The molecule has 0 N–H and O–H groups in total. The quantitative estimate of drug-likeness (QED) is 0.646. The smallest absolute Gasteiger partial charge is 0.265 e. The van der Waals surface area contributed by atoms with Crippen LogP contribution < -0.4 is 4.74 Å². The minimum atomic E-state index is -0.723. The molecule has 0 unspecified atom stereocenters. The molecule has 4 rings (SSSR count). The fourth-order valence-electron chi connectivity index (χ4n) is 3.17. The maximum absolute atomic E-state index is 13.8. The van der Waals surface area contributed by atoms with Crippen LogP contribution in [0, 0.1) is 18.6 Å². The topological polar surface area (TPSA) is 68.2 Å². The lowest BCUT2D eigenvalue weighted by molar-refractivity contribution is 0.0591. The summed E-state index contributed by atoms with van der Waals surface area (Å²) in [7, 11) is 0.